The van der Waals surface area contributed by atoms with Gasteiger partial charge < -0.3 is 4.90 Å². The Bertz CT molecular complexity index is 42.7. The summed E-state index contributed by atoms with van der Waals surface area (Å²) in [6, 6.07) is 0. The third-order valence-electron chi connectivity index (χ3n) is 1.50. The molecule has 0 fully saturated rings. The van der Waals surface area contributed by atoms with Crippen LogP contribution < -0.4 is 18.2 Å². The number of rotatable bonds is 3. The third-order valence-corrected chi connectivity index (χ3v) is 1.50. The molecule has 66 valence electrons. The van der Waals surface area contributed by atoms with Gasteiger partial charge in [0.05, 0.1) is 19.6 Å². The molecule has 1 nitrogen and oxygen atoms in total. The fourth-order valence-electron chi connectivity index (χ4n) is 0.750. The molecule has 4 heteroatoms. The monoisotopic (exact) mass is 483 g/mol. The second kappa shape index (κ2) is 13.7. The molecule has 0 aromatic carbocycles. The molecule has 1 N–H and O–H groups in total. The quantitative estimate of drug-likeness (QED) is 0.478. The maximum atomic E-state index is 2.39. The summed E-state index contributed by atoms with van der Waals surface area (Å²) in [5, 5.41) is 0. The van der Waals surface area contributed by atoms with Crippen LogP contribution in [0.15, 0.2) is 0 Å². The molecular formula is C6H16I3N. The van der Waals surface area contributed by atoms with Gasteiger partial charge in [0.15, 0.2) is 0 Å². The van der Waals surface area contributed by atoms with Crippen LogP contribution in [0.1, 0.15) is 20.8 Å². The van der Waals surface area contributed by atoms with Crippen LogP contribution in [0.4, 0.5) is 0 Å². The molecule has 0 saturated carbocycles. The van der Waals surface area contributed by atoms with Gasteiger partial charge in [0.2, 0.25) is 0 Å². The van der Waals surface area contributed by atoms with Crippen molar-refractivity contribution < 1.29 is 18.2 Å². The average Bonchev–Trinajstić information content (AvgIpc) is 1.93. The molecule has 0 heterocycles. The Morgan fingerprint density at radius 1 is 1.00 bits per heavy atom. The van der Waals surface area contributed by atoms with E-state index >= 15 is 0 Å². The molecule has 10 heavy (non-hydrogen) atoms. The molecule has 0 rings (SSSR count). The van der Waals surface area contributed by atoms with Gasteiger partial charge in [-0.1, -0.05) is 0 Å². The molecule has 0 aliphatic rings. The van der Waals surface area contributed by atoms with Crippen molar-refractivity contribution in [3.8, 4) is 0 Å². The standard InChI is InChI=1S/C6H15N.I3/c1-4-7(5-2)6-3;1-3-2/h4-6H2,1-3H3;/q;-1/p+1. The molecule has 0 atom stereocenters. The van der Waals surface area contributed by atoms with Crippen LogP contribution >= 0.6 is 37.2 Å². The first-order valence-electron chi connectivity index (χ1n) is 3.47. The summed E-state index contributed by atoms with van der Waals surface area (Å²) < 4.78 is 0. The van der Waals surface area contributed by atoms with Gasteiger partial charge in [-0.25, -0.2) is 0 Å². The first-order chi connectivity index (χ1) is 4.76. The summed E-state index contributed by atoms with van der Waals surface area (Å²) in [6.45, 7) is 10.5. The van der Waals surface area contributed by atoms with Crippen LogP contribution in [0.5, 0.6) is 0 Å². The van der Waals surface area contributed by atoms with Crippen LogP contribution in [0.3, 0.4) is 0 Å². The zero-order valence-electron chi connectivity index (χ0n) is 6.76. The van der Waals surface area contributed by atoms with E-state index in [1.807, 2.05) is 0 Å². The zero-order valence-corrected chi connectivity index (χ0v) is 13.2. The van der Waals surface area contributed by atoms with Crippen LogP contribution in [0.25, 0.3) is 0 Å². The van der Waals surface area contributed by atoms with Crippen molar-refractivity contribution in [2.24, 2.45) is 0 Å². The molecule has 0 bridgehead atoms. The van der Waals surface area contributed by atoms with E-state index in [1.165, 1.54) is 19.6 Å². The Morgan fingerprint density at radius 3 is 1.20 bits per heavy atom. The third kappa shape index (κ3) is 12.8. The molecule has 0 amide bonds. The molecule has 0 unspecified atom stereocenters. The normalized spacial score (nSPS) is 9.40. The first-order valence-corrected chi connectivity index (χ1v) is 16.0. The average molecular weight is 483 g/mol. The maximum absolute atomic E-state index is 2.39. The van der Waals surface area contributed by atoms with E-state index in [1.54, 1.807) is 4.90 Å². The van der Waals surface area contributed by atoms with Gasteiger partial charge in [-0.2, -0.15) is 0 Å². The summed E-state index contributed by atoms with van der Waals surface area (Å²) in [5.41, 5.74) is 0. The van der Waals surface area contributed by atoms with Crippen molar-refractivity contribution in [2.75, 3.05) is 19.6 Å². The Hall–Kier alpha value is 2.15. The van der Waals surface area contributed by atoms with Crippen molar-refractivity contribution in [3.63, 3.8) is 0 Å². The fourth-order valence-corrected chi connectivity index (χ4v) is 0.750. The van der Waals surface area contributed by atoms with E-state index in [0.29, 0.717) is 13.3 Å². The Labute approximate surface area is 94.3 Å². The van der Waals surface area contributed by atoms with Gasteiger partial charge in [0.25, 0.3) is 0 Å². The topological polar surface area (TPSA) is 4.44 Å². The second-order valence-electron chi connectivity index (χ2n) is 1.86. The molecule has 0 radical (unpaired) electrons. The molecule has 0 aromatic heterocycles. The number of hydrogen-bond donors (Lipinski definition) is 1. The van der Waals surface area contributed by atoms with E-state index in [-0.39, 0.29) is 0 Å². The van der Waals surface area contributed by atoms with Crippen LogP contribution in [0, 0.1) is 0 Å². The van der Waals surface area contributed by atoms with Crippen molar-refractivity contribution in [1.29, 1.82) is 0 Å². The Morgan fingerprint density at radius 2 is 1.20 bits per heavy atom. The van der Waals surface area contributed by atoms with Gasteiger partial charge in [0.1, 0.15) is 0 Å². The van der Waals surface area contributed by atoms with Gasteiger partial charge in [0, 0.05) is 0 Å². The molecule has 0 aliphatic carbocycles. The molecule has 0 aromatic rings. The van der Waals surface area contributed by atoms with Gasteiger partial charge in [-0.15, -0.1) is 0 Å². The van der Waals surface area contributed by atoms with E-state index in [2.05, 4.69) is 58.0 Å². The van der Waals surface area contributed by atoms with E-state index in [9.17, 15) is 0 Å². The molecular weight excluding hydrogens is 467 g/mol. The number of nitrogens with one attached hydrogen (secondary N) is 1. The number of quaternary nitrogens is 1. The Kier molecular flexibility index (Phi) is 20.1. The van der Waals surface area contributed by atoms with Gasteiger partial charge in [-0.05, 0) is 20.8 Å². The molecule has 0 saturated heterocycles. The molecule has 0 spiro atoms. The van der Waals surface area contributed by atoms with Gasteiger partial charge >= 0.3 is 50.5 Å². The van der Waals surface area contributed by atoms with Crippen molar-refractivity contribution in [2.45, 2.75) is 20.8 Å². The summed E-state index contributed by atoms with van der Waals surface area (Å²) in [5.74, 6) is 0. The zero-order chi connectivity index (χ0) is 8.41. The summed E-state index contributed by atoms with van der Waals surface area (Å²) in [7, 11) is 0. The van der Waals surface area contributed by atoms with E-state index in [0.717, 1.165) is 0 Å². The summed E-state index contributed by atoms with van der Waals surface area (Å²) in [4.78, 5) is 1.68. The SMILES string of the molecule is CC[NH+](CC)CC.I[I-]I. The minimum absolute atomic E-state index is 0.530. The van der Waals surface area contributed by atoms with Crippen LogP contribution in [-0.2, 0) is 0 Å². The second-order valence-corrected chi connectivity index (χ2v) is 18.1. The first kappa shape index (κ1) is 14.7. The number of halogens is 3. The summed E-state index contributed by atoms with van der Waals surface area (Å²) >= 11 is 5.30. The fraction of sp³-hybridized carbons (Fsp3) is 1.00. The van der Waals surface area contributed by atoms with Crippen LogP contribution in [0.2, 0.25) is 0 Å². The number of hydrogen-bond acceptors (Lipinski definition) is 0. The Balaban J connectivity index is 0. The van der Waals surface area contributed by atoms with E-state index in [4.69, 9.17) is 0 Å². The predicted molar refractivity (Wildman–Crippen MR) is 60.6 cm³/mol. The van der Waals surface area contributed by atoms with Crippen molar-refractivity contribution >= 4 is 37.2 Å². The minimum atomic E-state index is 0.530. The van der Waals surface area contributed by atoms with Crippen LogP contribution in [-0.4, -0.2) is 19.6 Å². The predicted octanol–water partition coefficient (Wildman–Crippen LogP) is -1.29. The van der Waals surface area contributed by atoms with Gasteiger partial charge in [-0.3, -0.25) is 0 Å². The van der Waals surface area contributed by atoms with Crippen molar-refractivity contribution in [1.82, 2.24) is 0 Å². The van der Waals surface area contributed by atoms with E-state index < -0.39 is 0 Å². The molecule has 0 aliphatic heterocycles. The van der Waals surface area contributed by atoms with Crippen molar-refractivity contribution in [3.05, 3.63) is 0 Å². The summed E-state index contributed by atoms with van der Waals surface area (Å²) in [6.07, 6.45) is 0.